The largest absolute Gasteiger partial charge is 0.491 e. The van der Waals surface area contributed by atoms with Crippen molar-refractivity contribution in [1.82, 2.24) is 10.2 Å². The van der Waals surface area contributed by atoms with Crippen LogP contribution in [0.5, 0.6) is 5.75 Å². The average Bonchev–Trinajstić information content (AvgIpc) is 2.69. The number of likely N-dealkylation sites (tertiary alicyclic amines) is 1. The van der Waals surface area contributed by atoms with Crippen LogP contribution in [-0.2, 0) is 15.9 Å². The fourth-order valence-corrected chi connectivity index (χ4v) is 3.12. The van der Waals surface area contributed by atoms with Crippen molar-refractivity contribution in [3.63, 3.8) is 0 Å². The molecule has 1 aliphatic rings. The Kier molecular flexibility index (Phi) is 9.20. The molecule has 0 saturated carbocycles. The van der Waals surface area contributed by atoms with Crippen molar-refractivity contribution in [2.45, 2.75) is 57.8 Å². The number of nitrogens with one attached hydrogen (secondary N) is 1. The first-order chi connectivity index (χ1) is 13.8. The molecule has 7 nitrogen and oxygen atoms in total. The Labute approximate surface area is 174 Å². The van der Waals surface area contributed by atoms with Gasteiger partial charge in [0.25, 0.3) is 0 Å². The third-order valence-corrected chi connectivity index (χ3v) is 4.75. The Morgan fingerprint density at radius 1 is 1.24 bits per heavy atom. The van der Waals surface area contributed by atoms with Crippen LogP contribution >= 0.6 is 0 Å². The number of benzene rings is 1. The van der Waals surface area contributed by atoms with E-state index in [0.29, 0.717) is 26.2 Å². The van der Waals surface area contributed by atoms with Gasteiger partial charge in [0.2, 0.25) is 0 Å². The van der Waals surface area contributed by atoms with Crippen LogP contribution in [0.2, 0.25) is 0 Å². The van der Waals surface area contributed by atoms with Crippen molar-refractivity contribution in [2.24, 2.45) is 0 Å². The van der Waals surface area contributed by atoms with Crippen LogP contribution in [0.15, 0.2) is 24.3 Å². The molecule has 0 radical (unpaired) electrons. The third kappa shape index (κ3) is 9.02. The number of carbonyl (C=O) groups excluding carboxylic acids is 1. The zero-order valence-corrected chi connectivity index (χ0v) is 18.1. The van der Waals surface area contributed by atoms with E-state index in [1.165, 1.54) is 5.56 Å². The standard InChI is InChI=1S/C22H36N2O5/c1-22(2,3)29-21(26)24-12-9-18(10-13-24)23-15-19(25)16-28-20-7-5-17(6-8-20)11-14-27-4/h5-8,18-19,23,25H,9-16H2,1-4H3/t19-/m0/s1. The molecule has 7 heteroatoms. The fourth-order valence-electron chi connectivity index (χ4n) is 3.12. The molecule has 2 N–H and O–H groups in total. The second-order valence-electron chi connectivity index (χ2n) is 8.50. The predicted octanol–water partition coefficient (Wildman–Crippen LogP) is 2.60. The van der Waals surface area contributed by atoms with Crippen LogP contribution in [0.3, 0.4) is 0 Å². The lowest BCUT2D eigenvalue weighted by molar-refractivity contribution is 0.0192. The molecule has 0 spiro atoms. The highest BCUT2D eigenvalue weighted by Crippen LogP contribution is 2.16. The molecule has 1 heterocycles. The minimum Gasteiger partial charge on any atom is -0.491 e. The number of rotatable bonds is 9. The van der Waals surface area contributed by atoms with Crippen molar-refractivity contribution in [3.05, 3.63) is 29.8 Å². The minimum atomic E-state index is -0.591. The molecule has 0 aliphatic carbocycles. The number of ether oxygens (including phenoxy) is 3. The highest BCUT2D eigenvalue weighted by atomic mass is 16.6. The van der Waals surface area contributed by atoms with Gasteiger partial charge in [-0.25, -0.2) is 4.79 Å². The first-order valence-electron chi connectivity index (χ1n) is 10.4. The van der Waals surface area contributed by atoms with E-state index in [0.717, 1.165) is 25.0 Å². The molecule has 1 aromatic rings. The van der Waals surface area contributed by atoms with Crippen LogP contribution in [0, 0.1) is 0 Å². The molecular formula is C22H36N2O5. The number of aliphatic hydroxyl groups is 1. The SMILES string of the molecule is COCCc1ccc(OC[C@@H](O)CNC2CCN(C(=O)OC(C)(C)C)CC2)cc1. The zero-order valence-electron chi connectivity index (χ0n) is 18.1. The first kappa shape index (κ1) is 23.4. The van der Waals surface area contributed by atoms with E-state index in [2.05, 4.69) is 5.32 Å². The van der Waals surface area contributed by atoms with Gasteiger partial charge in [-0.3, -0.25) is 0 Å². The summed E-state index contributed by atoms with van der Waals surface area (Å²) < 4.78 is 16.2. The summed E-state index contributed by atoms with van der Waals surface area (Å²) >= 11 is 0. The van der Waals surface area contributed by atoms with Crippen LogP contribution in [0.4, 0.5) is 4.79 Å². The van der Waals surface area contributed by atoms with Crippen molar-refractivity contribution in [1.29, 1.82) is 0 Å². The molecule has 1 amide bonds. The lowest BCUT2D eigenvalue weighted by Gasteiger charge is -2.34. The summed E-state index contributed by atoms with van der Waals surface area (Å²) in [6, 6.07) is 8.13. The highest BCUT2D eigenvalue weighted by Gasteiger charge is 2.26. The summed E-state index contributed by atoms with van der Waals surface area (Å²) in [4.78, 5) is 13.8. The lowest BCUT2D eigenvalue weighted by Crippen LogP contribution is -2.48. The Hall–Kier alpha value is -1.83. The van der Waals surface area contributed by atoms with Gasteiger partial charge < -0.3 is 29.5 Å². The highest BCUT2D eigenvalue weighted by molar-refractivity contribution is 5.68. The van der Waals surface area contributed by atoms with E-state index in [1.54, 1.807) is 12.0 Å². The monoisotopic (exact) mass is 408 g/mol. The van der Waals surface area contributed by atoms with Crippen molar-refractivity contribution < 1.29 is 24.1 Å². The lowest BCUT2D eigenvalue weighted by atomic mass is 10.1. The number of amides is 1. The molecule has 164 valence electrons. The number of hydrogen-bond donors (Lipinski definition) is 2. The molecule has 0 unspecified atom stereocenters. The number of methoxy groups -OCH3 is 1. The second kappa shape index (κ2) is 11.4. The van der Waals surface area contributed by atoms with E-state index in [-0.39, 0.29) is 18.7 Å². The summed E-state index contributed by atoms with van der Waals surface area (Å²) in [7, 11) is 1.69. The molecule has 0 aromatic heterocycles. The van der Waals surface area contributed by atoms with Gasteiger partial charge >= 0.3 is 6.09 Å². The number of nitrogens with zero attached hydrogens (tertiary/aromatic N) is 1. The summed E-state index contributed by atoms with van der Waals surface area (Å²) in [6.07, 6.45) is 1.71. The Morgan fingerprint density at radius 2 is 1.90 bits per heavy atom. The number of aliphatic hydroxyl groups excluding tert-OH is 1. The Balaban J connectivity index is 1.62. The number of piperidine rings is 1. The van der Waals surface area contributed by atoms with E-state index in [1.807, 2.05) is 45.0 Å². The van der Waals surface area contributed by atoms with Crippen molar-refractivity contribution >= 4 is 6.09 Å². The Bertz CT molecular complexity index is 607. The number of hydrogen-bond acceptors (Lipinski definition) is 6. The number of carbonyl (C=O) groups is 1. The maximum absolute atomic E-state index is 12.1. The average molecular weight is 409 g/mol. The summed E-state index contributed by atoms with van der Waals surface area (Å²) in [5, 5.41) is 13.6. The van der Waals surface area contributed by atoms with E-state index >= 15 is 0 Å². The quantitative estimate of drug-likeness (QED) is 0.654. The molecule has 1 atom stereocenters. The molecular weight excluding hydrogens is 372 g/mol. The van der Waals surface area contributed by atoms with Gasteiger partial charge in [0, 0.05) is 32.8 Å². The Morgan fingerprint density at radius 3 is 2.48 bits per heavy atom. The topological polar surface area (TPSA) is 80.3 Å². The van der Waals surface area contributed by atoms with Gasteiger partial charge in [-0.2, -0.15) is 0 Å². The predicted molar refractivity (Wildman–Crippen MR) is 112 cm³/mol. The summed E-state index contributed by atoms with van der Waals surface area (Å²) in [5.74, 6) is 0.746. The smallest absolute Gasteiger partial charge is 0.410 e. The molecule has 1 saturated heterocycles. The van der Waals surface area contributed by atoms with Crippen molar-refractivity contribution in [2.75, 3.05) is 40.0 Å². The van der Waals surface area contributed by atoms with Gasteiger partial charge in [-0.15, -0.1) is 0 Å². The molecule has 29 heavy (non-hydrogen) atoms. The molecule has 1 aliphatic heterocycles. The van der Waals surface area contributed by atoms with Crippen LogP contribution in [0.25, 0.3) is 0 Å². The third-order valence-electron chi connectivity index (χ3n) is 4.75. The molecule has 2 rings (SSSR count). The zero-order chi connectivity index (χ0) is 21.3. The maximum Gasteiger partial charge on any atom is 0.410 e. The maximum atomic E-state index is 12.1. The first-order valence-corrected chi connectivity index (χ1v) is 10.4. The summed E-state index contributed by atoms with van der Waals surface area (Å²) in [6.45, 7) is 8.34. The summed E-state index contributed by atoms with van der Waals surface area (Å²) in [5.41, 5.74) is 0.722. The van der Waals surface area contributed by atoms with Crippen LogP contribution in [0.1, 0.15) is 39.2 Å². The molecule has 0 bridgehead atoms. The van der Waals surface area contributed by atoms with Gasteiger partial charge in [0.05, 0.1) is 6.61 Å². The normalized spacial score (nSPS) is 16.5. The fraction of sp³-hybridized carbons (Fsp3) is 0.682. The second-order valence-corrected chi connectivity index (χ2v) is 8.50. The van der Waals surface area contributed by atoms with Gasteiger partial charge in [0.15, 0.2) is 0 Å². The minimum absolute atomic E-state index is 0.237. The molecule has 1 aromatic carbocycles. The van der Waals surface area contributed by atoms with Crippen LogP contribution < -0.4 is 10.1 Å². The van der Waals surface area contributed by atoms with Gasteiger partial charge in [0.1, 0.15) is 24.1 Å². The van der Waals surface area contributed by atoms with Gasteiger partial charge in [-0.1, -0.05) is 12.1 Å². The van der Waals surface area contributed by atoms with Gasteiger partial charge in [-0.05, 0) is 57.7 Å². The van der Waals surface area contributed by atoms with Crippen LogP contribution in [-0.4, -0.2) is 73.8 Å². The van der Waals surface area contributed by atoms with E-state index in [4.69, 9.17) is 14.2 Å². The molecule has 1 fully saturated rings. The van der Waals surface area contributed by atoms with E-state index < -0.39 is 11.7 Å². The van der Waals surface area contributed by atoms with E-state index in [9.17, 15) is 9.90 Å². The van der Waals surface area contributed by atoms with Crippen molar-refractivity contribution in [3.8, 4) is 5.75 Å².